The van der Waals surface area contributed by atoms with E-state index in [1.54, 1.807) is 19.1 Å². The van der Waals surface area contributed by atoms with Crippen LogP contribution in [0.1, 0.15) is 32.6 Å². The number of nitrogens with zero attached hydrogens (tertiary/aromatic N) is 1. The second-order valence-electron chi connectivity index (χ2n) is 5.55. The average Bonchev–Trinajstić information content (AvgIpc) is 2.47. The van der Waals surface area contributed by atoms with Gasteiger partial charge in [0.25, 0.3) is 0 Å². The largest absolute Gasteiger partial charge is 0.371 e. The smallest absolute Gasteiger partial charge is 0.180 e. The van der Waals surface area contributed by atoms with Crippen molar-refractivity contribution in [3.63, 3.8) is 0 Å². The molecule has 0 aliphatic heterocycles. The number of rotatable bonds is 4. The Hall–Kier alpha value is -1.07. The van der Waals surface area contributed by atoms with Crippen LogP contribution in [0.2, 0.25) is 0 Å². The van der Waals surface area contributed by atoms with Gasteiger partial charge in [0.05, 0.1) is 16.3 Å². The molecule has 112 valence electrons. The summed E-state index contributed by atoms with van der Waals surface area (Å²) in [6.45, 7) is 1.69. The molecular weight excluding hydrogens is 272 g/mol. The predicted molar refractivity (Wildman–Crippen MR) is 82.8 cm³/mol. The molecule has 2 N–H and O–H groups in total. The van der Waals surface area contributed by atoms with Gasteiger partial charge in [0, 0.05) is 19.1 Å². The Kier molecular flexibility index (Phi) is 4.70. The van der Waals surface area contributed by atoms with Crippen molar-refractivity contribution in [2.45, 2.75) is 49.6 Å². The normalized spacial score (nSPS) is 23.6. The number of para-hydroxylation sites is 1. The molecule has 20 heavy (non-hydrogen) atoms. The Bertz CT molecular complexity index is 549. The SMILES string of the molecule is CCS(=O)(=O)c1ccccc1N(C)C1CCC(N)CC1. The molecule has 1 saturated carbocycles. The highest BCUT2D eigenvalue weighted by atomic mass is 32.2. The molecule has 2 rings (SSSR count). The van der Waals surface area contributed by atoms with Gasteiger partial charge in [-0.1, -0.05) is 19.1 Å². The van der Waals surface area contributed by atoms with Crippen LogP contribution in [0, 0.1) is 0 Å². The maximum Gasteiger partial charge on any atom is 0.180 e. The molecule has 0 saturated heterocycles. The minimum absolute atomic E-state index is 0.132. The molecular formula is C15H24N2O2S. The van der Waals surface area contributed by atoms with Crippen LogP contribution in [0.15, 0.2) is 29.2 Å². The number of anilines is 1. The maximum absolute atomic E-state index is 12.2. The van der Waals surface area contributed by atoms with Crippen molar-refractivity contribution in [1.82, 2.24) is 0 Å². The first kappa shape index (κ1) is 15.3. The summed E-state index contributed by atoms with van der Waals surface area (Å²) in [5.74, 6) is 0.132. The van der Waals surface area contributed by atoms with E-state index in [1.165, 1.54) is 0 Å². The molecule has 0 radical (unpaired) electrons. The van der Waals surface area contributed by atoms with Crippen LogP contribution in [-0.2, 0) is 9.84 Å². The van der Waals surface area contributed by atoms with Gasteiger partial charge in [0.1, 0.15) is 0 Å². The summed E-state index contributed by atoms with van der Waals surface area (Å²) in [7, 11) is -1.20. The van der Waals surface area contributed by atoms with E-state index in [9.17, 15) is 8.42 Å². The van der Waals surface area contributed by atoms with Crippen molar-refractivity contribution >= 4 is 15.5 Å². The van der Waals surface area contributed by atoms with E-state index in [0.717, 1.165) is 31.4 Å². The first-order valence-electron chi connectivity index (χ1n) is 7.26. The van der Waals surface area contributed by atoms with Crippen LogP contribution >= 0.6 is 0 Å². The van der Waals surface area contributed by atoms with Crippen LogP contribution in [0.5, 0.6) is 0 Å². The highest BCUT2D eigenvalue weighted by molar-refractivity contribution is 7.91. The van der Waals surface area contributed by atoms with Gasteiger partial charge in [-0.05, 0) is 37.8 Å². The van der Waals surface area contributed by atoms with Crippen molar-refractivity contribution in [2.24, 2.45) is 5.73 Å². The second kappa shape index (κ2) is 6.14. The first-order chi connectivity index (χ1) is 9.45. The van der Waals surface area contributed by atoms with Crippen molar-refractivity contribution in [3.05, 3.63) is 24.3 Å². The minimum Gasteiger partial charge on any atom is -0.371 e. The van der Waals surface area contributed by atoms with E-state index in [2.05, 4.69) is 4.90 Å². The Morgan fingerprint density at radius 3 is 2.40 bits per heavy atom. The van der Waals surface area contributed by atoms with Gasteiger partial charge >= 0.3 is 0 Å². The monoisotopic (exact) mass is 296 g/mol. The number of hydrogen-bond acceptors (Lipinski definition) is 4. The van der Waals surface area contributed by atoms with Gasteiger partial charge in [0.2, 0.25) is 0 Å². The molecule has 0 heterocycles. The fraction of sp³-hybridized carbons (Fsp3) is 0.600. The van der Waals surface area contributed by atoms with E-state index >= 15 is 0 Å². The van der Waals surface area contributed by atoms with Crippen molar-refractivity contribution in [2.75, 3.05) is 17.7 Å². The van der Waals surface area contributed by atoms with Crippen LogP contribution in [0.4, 0.5) is 5.69 Å². The van der Waals surface area contributed by atoms with Crippen molar-refractivity contribution < 1.29 is 8.42 Å². The lowest BCUT2D eigenvalue weighted by atomic mass is 9.91. The molecule has 0 unspecified atom stereocenters. The summed E-state index contributed by atoms with van der Waals surface area (Å²) in [5, 5.41) is 0. The lowest BCUT2D eigenvalue weighted by Gasteiger charge is -2.35. The summed E-state index contributed by atoms with van der Waals surface area (Å²) in [6.07, 6.45) is 4.08. The Balaban J connectivity index is 2.29. The summed E-state index contributed by atoms with van der Waals surface area (Å²) >= 11 is 0. The number of sulfone groups is 1. The zero-order valence-corrected chi connectivity index (χ0v) is 13.1. The van der Waals surface area contributed by atoms with E-state index in [-0.39, 0.29) is 5.75 Å². The summed E-state index contributed by atoms with van der Waals surface area (Å²) in [6, 6.07) is 7.97. The number of hydrogen-bond donors (Lipinski definition) is 1. The van der Waals surface area contributed by atoms with Gasteiger partial charge in [-0.3, -0.25) is 0 Å². The van der Waals surface area contributed by atoms with Crippen LogP contribution in [-0.4, -0.2) is 33.3 Å². The lowest BCUT2D eigenvalue weighted by molar-refractivity contribution is 0.384. The zero-order valence-electron chi connectivity index (χ0n) is 12.2. The van der Waals surface area contributed by atoms with E-state index in [0.29, 0.717) is 17.0 Å². The van der Waals surface area contributed by atoms with E-state index in [4.69, 9.17) is 5.73 Å². The summed E-state index contributed by atoms with van der Waals surface area (Å²) < 4.78 is 24.4. The van der Waals surface area contributed by atoms with Crippen LogP contribution < -0.4 is 10.6 Å². The molecule has 0 atom stereocenters. The summed E-state index contributed by atoms with van der Waals surface area (Å²) in [5.41, 5.74) is 6.76. The van der Waals surface area contributed by atoms with Crippen molar-refractivity contribution in [1.29, 1.82) is 0 Å². The highest BCUT2D eigenvalue weighted by Crippen LogP contribution is 2.30. The standard InChI is InChI=1S/C15H24N2O2S/c1-3-20(18,19)15-7-5-4-6-14(15)17(2)13-10-8-12(16)9-11-13/h4-7,12-13H,3,8-11,16H2,1-2H3. The average molecular weight is 296 g/mol. The Labute approximate surface area is 121 Å². The first-order valence-corrected chi connectivity index (χ1v) is 8.91. The Morgan fingerprint density at radius 1 is 1.20 bits per heavy atom. The maximum atomic E-state index is 12.2. The lowest BCUT2D eigenvalue weighted by Crippen LogP contribution is -2.39. The summed E-state index contributed by atoms with van der Waals surface area (Å²) in [4.78, 5) is 2.56. The van der Waals surface area contributed by atoms with Crippen molar-refractivity contribution in [3.8, 4) is 0 Å². The van der Waals surface area contributed by atoms with Gasteiger partial charge in [0.15, 0.2) is 9.84 Å². The number of benzene rings is 1. The third-order valence-electron chi connectivity index (χ3n) is 4.25. The fourth-order valence-corrected chi connectivity index (χ4v) is 3.98. The highest BCUT2D eigenvalue weighted by Gasteiger charge is 2.25. The molecule has 1 aliphatic carbocycles. The molecule has 5 heteroatoms. The number of nitrogens with two attached hydrogens (primary N) is 1. The molecule has 0 bridgehead atoms. The van der Waals surface area contributed by atoms with Gasteiger partial charge in [-0.15, -0.1) is 0 Å². The van der Waals surface area contributed by atoms with Gasteiger partial charge in [-0.25, -0.2) is 8.42 Å². The van der Waals surface area contributed by atoms with E-state index < -0.39 is 9.84 Å². The van der Waals surface area contributed by atoms with Gasteiger partial charge < -0.3 is 10.6 Å². The zero-order chi connectivity index (χ0) is 14.8. The molecule has 4 nitrogen and oxygen atoms in total. The molecule has 0 aromatic heterocycles. The molecule has 0 amide bonds. The quantitative estimate of drug-likeness (QED) is 0.925. The third-order valence-corrected chi connectivity index (χ3v) is 6.02. The molecule has 1 aromatic carbocycles. The molecule has 1 aromatic rings. The predicted octanol–water partition coefficient (Wildman–Crippen LogP) is 2.19. The minimum atomic E-state index is -3.19. The second-order valence-corrected chi connectivity index (χ2v) is 7.80. The third kappa shape index (κ3) is 3.15. The molecule has 0 spiro atoms. The topological polar surface area (TPSA) is 63.4 Å². The van der Waals surface area contributed by atoms with Gasteiger partial charge in [-0.2, -0.15) is 0 Å². The van der Waals surface area contributed by atoms with Crippen LogP contribution in [0.3, 0.4) is 0 Å². The molecule has 1 aliphatic rings. The molecule has 1 fully saturated rings. The van der Waals surface area contributed by atoms with E-state index in [1.807, 2.05) is 19.2 Å². The Morgan fingerprint density at radius 2 is 1.80 bits per heavy atom. The van der Waals surface area contributed by atoms with Crippen LogP contribution in [0.25, 0.3) is 0 Å². The fourth-order valence-electron chi connectivity index (χ4n) is 2.85.